The first kappa shape index (κ1) is 15.1. The van der Waals surface area contributed by atoms with Crippen molar-refractivity contribution in [2.45, 2.75) is 39.4 Å². The van der Waals surface area contributed by atoms with E-state index in [0.29, 0.717) is 11.2 Å². The number of hydrogen-bond acceptors (Lipinski definition) is 5. The van der Waals surface area contributed by atoms with Crippen LogP contribution in [-0.4, -0.2) is 47.3 Å². The van der Waals surface area contributed by atoms with E-state index in [1.807, 2.05) is 10.9 Å². The van der Waals surface area contributed by atoms with Crippen molar-refractivity contribution in [1.29, 1.82) is 0 Å². The number of rotatable bonds is 4. The van der Waals surface area contributed by atoms with Crippen molar-refractivity contribution in [3.8, 4) is 0 Å². The van der Waals surface area contributed by atoms with Gasteiger partial charge in [-0.15, -0.1) is 0 Å². The lowest BCUT2D eigenvalue weighted by Crippen LogP contribution is -2.26. The van der Waals surface area contributed by atoms with Crippen LogP contribution in [0.15, 0.2) is 23.5 Å². The minimum absolute atomic E-state index is 0.104. The number of aromatic amines is 1. The van der Waals surface area contributed by atoms with Crippen molar-refractivity contribution in [1.82, 2.24) is 34.2 Å². The fraction of sp³-hybridized carbons (Fsp3) is 0.500. The van der Waals surface area contributed by atoms with Gasteiger partial charge < -0.3 is 4.98 Å². The Labute approximate surface area is 139 Å². The maximum atomic E-state index is 12.3. The van der Waals surface area contributed by atoms with Crippen molar-refractivity contribution in [2.24, 2.45) is 0 Å². The van der Waals surface area contributed by atoms with Gasteiger partial charge in [-0.3, -0.25) is 14.1 Å². The van der Waals surface area contributed by atoms with Gasteiger partial charge in [0.1, 0.15) is 11.8 Å². The summed E-state index contributed by atoms with van der Waals surface area (Å²) < 4.78 is 3.79. The Morgan fingerprint density at radius 3 is 3.04 bits per heavy atom. The molecule has 4 rings (SSSR count). The van der Waals surface area contributed by atoms with E-state index in [9.17, 15) is 4.79 Å². The summed E-state index contributed by atoms with van der Waals surface area (Å²) in [5.74, 6) is 0. The molecule has 1 aliphatic heterocycles. The first-order chi connectivity index (χ1) is 11.7. The minimum Gasteiger partial charge on any atom is -0.303 e. The molecule has 3 aromatic rings. The lowest BCUT2D eigenvalue weighted by molar-refractivity contribution is 0.315. The zero-order valence-electron chi connectivity index (χ0n) is 13.9. The van der Waals surface area contributed by atoms with Crippen LogP contribution in [0.2, 0.25) is 0 Å². The Morgan fingerprint density at radius 2 is 2.25 bits per heavy atom. The zero-order chi connectivity index (χ0) is 16.7. The first-order valence-electron chi connectivity index (χ1n) is 8.31. The van der Waals surface area contributed by atoms with E-state index in [4.69, 9.17) is 0 Å². The van der Waals surface area contributed by atoms with E-state index in [1.165, 1.54) is 17.6 Å². The molecule has 8 heteroatoms. The summed E-state index contributed by atoms with van der Waals surface area (Å²) >= 11 is 0. The number of aryl methyl sites for hydroxylation is 1. The van der Waals surface area contributed by atoms with Gasteiger partial charge in [-0.2, -0.15) is 5.10 Å². The summed E-state index contributed by atoms with van der Waals surface area (Å²) in [5, 5.41) is 4.41. The molecule has 0 aromatic carbocycles. The molecule has 0 aliphatic carbocycles. The Kier molecular flexibility index (Phi) is 3.68. The van der Waals surface area contributed by atoms with Gasteiger partial charge in [0.25, 0.3) is 0 Å². The molecule has 126 valence electrons. The van der Waals surface area contributed by atoms with Crippen LogP contribution in [0.1, 0.15) is 30.6 Å². The third kappa shape index (κ3) is 2.43. The smallest absolute Gasteiger partial charge is 0.303 e. The summed E-state index contributed by atoms with van der Waals surface area (Å²) in [6, 6.07) is 0.141. The summed E-state index contributed by atoms with van der Waals surface area (Å²) in [6.45, 7) is 7.77. The maximum Gasteiger partial charge on any atom is 0.328 e. The highest BCUT2D eigenvalue weighted by atomic mass is 16.1. The molecule has 0 bridgehead atoms. The highest BCUT2D eigenvalue weighted by Crippen LogP contribution is 2.24. The number of aromatic nitrogens is 6. The predicted octanol–water partition coefficient (Wildman–Crippen LogP) is 1.09. The van der Waals surface area contributed by atoms with Crippen molar-refractivity contribution in [3.63, 3.8) is 0 Å². The Morgan fingerprint density at radius 1 is 1.38 bits per heavy atom. The van der Waals surface area contributed by atoms with Crippen LogP contribution in [0.5, 0.6) is 0 Å². The number of fused-ring (bicyclic) bond motifs is 1. The Hall–Kier alpha value is -2.48. The lowest BCUT2D eigenvalue weighted by atomic mass is 10.2. The van der Waals surface area contributed by atoms with Crippen LogP contribution in [0.25, 0.3) is 11.2 Å². The standard InChI is InChI=1S/C16H21N7O/c1-3-22-11(2)12(6-19-22)8-21-5-4-13(9-21)23-15-14(20-16(23)24)7-17-10-18-15/h6-7,10,13H,3-5,8-9H2,1-2H3,(H,20,24)/t13-/m1/s1. The lowest BCUT2D eigenvalue weighted by Gasteiger charge is -2.16. The van der Waals surface area contributed by atoms with Crippen molar-refractivity contribution in [3.05, 3.63) is 40.5 Å². The number of hydrogen-bond donors (Lipinski definition) is 1. The van der Waals surface area contributed by atoms with Gasteiger partial charge in [0.2, 0.25) is 0 Å². The Bertz CT molecular complexity index is 922. The van der Waals surface area contributed by atoms with Crippen molar-refractivity contribution >= 4 is 11.2 Å². The molecule has 1 N–H and O–H groups in total. The Balaban J connectivity index is 1.55. The largest absolute Gasteiger partial charge is 0.328 e. The summed E-state index contributed by atoms with van der Waals surface area (Å²) in [4.78, 5) is 25.8. The predicted molar refractivity (Wildman–Crippen MR) is 89.7 cm³/mol. The molecule has 4 heterocycles. The van der Waals surface area contributed by atoms with Gasteiger partial charge in [-0.05, 0) is 20.3 Å². The van der Waals surface area contributed by atoms with Crippen LogP contribution in [0.3, 0.4) is 0 Å². The monoisotopic (exact) mass is 327 g/mol. The number of likely N-dealkylation sites (tertiary alicyclic amines) is 1. The van der Waals surface area contributed by atoms with Crippen LogP contribution in [0.4, 0.5) is 0 Å². The van der Waals surface area contributed by atoms with Gasteiger partial charge in [0, 0.05) is 37.4 Å². The maximum absolute atomic E-state index is 12.3. The van der Waals surface area contributed by atoms with Crippen molar-refractivity contribution < 1.29 is 0 Å². The van der Waals surface area contributed by atoms with Crippen LogP contribution >= 0.6 is 0 Å². The number of H-pyrrole nitrogens is 1. The molecule has 3 aromatic heterocycles. The molecule has 1 fully saturated rings. The highest BCUT2D eigenvalue weighted by molar-refractivity contribution is 5.69. The topological polar surface area (TPSA) is 84.6 Å². The summed E-state index contributed by atoms with van der Waals surface area (Å²) in [5.41, 5.74) is 3.76. The second-order valence-electron chi connectivity index (χ2n) is 6.31. The van der Waals surface area contributed by atoms with E-state index in [-0.39, 0.29) is 11.7 Å². The minimum atomic E-state index is -0.104. The van der Waals surface area contributed by atoms with E-state index >= 15 is 0 Å². The SMILES string of the molecule is CCn1ncc(CN2CC[C@@H](n3c(=O)[nH]c4cncnc43)C2)c1C. The molecule has 0 unspecified atom stereocenters. The molecule has 0 radical (unpaired) electrons. The fourth-order valence-electron chi connectivity index (χ4n) is 3.58. The van der Waals surface area contributed by atoms with E-state index in [1.54, 1.807) is 10.8 Å². The quantitative estimate of drug-likeness (QED) is 0.775. The third-order valence-electron chi connectivity index (χ3n) is 4.89. The zero-order valence-corrected chi connectivity index (χ0v) is 13.9. The molecular formula is C16H21N7O. The average Bonchev–Trinajstić information content (AvgIpc) is 3.25. The summed E-state index contributed by atoms with van der Waals surface area (Å²) in [7, 11) is 0. The summed E-state index contributed by atoms with van der Waals surface area (Å²) in [6.07, 6.45) is 6.03. The second kappa shape index (κ2) is 5.86. The number of nitrogens with zero attached hydrogens (tertiary/aromatic N) is 6. The van der Waals surface area contributed by atoms with Gasteiger partial charge in [0.15, 0.2) is 5.65 Å². The molecule has 1 saturated heterocycles. The van der Waals surface area contributed by atoms with Gasteiger partial charge >= 0.3 is 5.69 Å². The van der Waals surface area contributed by atoms with Crippen LogP contribution < -0.4 is 5.69 Å². The molecule has 0 amide bonds. The van der Waals surface area contributed by atoms with Crippen molar-refractivity contribution in [2.75, 3.05) is 13.1 Å². The highest BCUT2D eigenvalue weighted by Gasteiger charge is 2.27. The first-order valence-corrected chi connectivity index (χ1v) is 8.31. The molecule has 0 spiro atoms. The van der Waals surface area contributed by atoms with E-state index in [2.05, 4.69) is 38.8 Å². The van der Waals surface area contributed by atoms with E-state index < -0.39 is 0 Å². The third-order valence-corrected chi connectivity index (χ3v) is 4.89. The fourth-order valence-corrected chi connectivity index (χ4v) is 3.58. The molecule has 8 nitrogen and oxygen atoms in total. The normalized spacial score (nSPS) is 18.7. The average molecular weight is 327 g/mol. The van der Waals surface area contributed by atoms with E-state index in [0.717, 1.165) is 32.6 Å². The van der Waals surface area contributed by atoms with Crippen LogP contribution in [-0.2, 0) is 13.1 Å². The number of nitrogens with one attached hydrogen (secondary N) is 1. The molecule has 24 heavy (non-hydrogen) atoms. The molecule has 1 aliphatic rings. The van der Waals surface area contributed by atoms with Crippen LogP contribution in [0, 0.1) is 6.92 Å². The van der Waals surface area contributed by atoms with Gasteiger partial charge in [-0.25, -0.2) is 14.8 Å². The molecule has 1 atom stereocenters. The second-order valence-corrected chi connectivity index (χ2v) is 6.31. The number of imidazole rings is 1. The van der Waals surface area contributed by atoms with Gasteiger partial charge in [0.05, 0.1) is 18.4 Å². The van der Waals surface area contributed by atoms with Gasteiger partial charge in [-0.1, -0.05) is 0 Å². The molecular weight excluding hydrogens is 306 g/mol. The molecule has 0 saturated carbocycles.